The molecule has 5 rings (SSSR count). The zero-order valence-corrected chi connectivity index (χ0v) is 21.0. The van der Waals surface area contributed by atoms with Gasteiger partial charge in [0.25, 0.3) is 0 Å². The summed E-state index contributed by atoms with van der Waals surface area (Å²) in [6.07, 6.45) is 0. The Hall–Kier alpha value is -3.95. The third-order valence-electron chi connectivity index (χ3n) is 6.21. The molecule has 1 fully saturated rings. The maximum Gasteiger partial charge on any atom is 0.245 e. The van der Waals surface area contributed by atoms with E-state index in [9.17, 15) is 9.59 Å². The molecule has 0 unspecified atom stereocenters. The number of benzene rings is 3. The van der Waals surface area contributed by atoms with Crippen LogP contribution in [0.5, 0.6) is 0 Å². The average molecular weight is 519 g/mol. The van der Waals surface area contributed by atoms with Gasteiger partial charge in [-0.25, -0.2) is 4.68 Å². The van der Waals surface area contributed by atoms with Gasteiger partial charge in [-0.15, -0.1) is 5.10 Å². The van der Waals surface area contributed by atoms with Crippen LogP contribution in [-0.4, -0.2) is 64.6 Å². The standard InChI is InChI=1S/C27H27ClN6O3/c28-21-7-5-20(6-8-21)17-33(27(36)19-34-25-4-2-1-3-24(25)30-31-34)18-26(35)29-22-9-11-23(12-10-22)32-13-15-37-16-14-32/h1-12H,13-19H2,(H,29,35). The minimum absolute atomic E-state index is 0.0321. The molecule has 0 bridgehead atoms. The van der Waals surface area contributed by atoms with Crippen molar-refractivity contribution >= 4 is 45.8 Å². The molecular weight excluding hydrogens is 492 g/mol. The van der Waals surface area contributed by atoms with E-state index in [-0.39, 0.29) is 31.4 Å². The van der Waals surface area contributed by atoms with Crippen molar-refractivity contribution in [3.63, 3.8) is 0 Å². The van der Waals surface area contributed by atoms with E-state index >= 15 is 0 Å². The SMILES string of the molecule is O=C(CN(Cc1ccc(Cl)cc1)C(=O)Cn1nnc2ccccc21)Nc1ccc(N2CCOCC2)cc1. The normalized spacial score (nSPS) is 13.5. The summed E-state index contributed by atoms with van der Waals surface area (Å²) >= 11 is 6.02. The van der Waals surface area contributed by atoms with Crippen molar-refractivity contribution in [2.45, 2.75) is 13.1 Å². The third kappa shape index (κ3) is 6.25. The highest BCUT2D eigenvalue weighted by molar-refractivity contribution is 6.30. The summed E-state index contributed by atoms with van der Waals surface area (Å²) in [5.74, 6) is -0.534. The molecule has 37 heavy (non-hydrogen) atoms. The molecule has 0 saturated carbocycles. The van der Waals surface area contributed by atoms with E-state index < -0.39 is 0 Å². The Balaban J connectivity index is 1.28. The lowest BCUT2D eigenvalue weighted by molar-refractivity contribution is -0.136. The lowest BCUT2D eigenvalue weighted by Crippen LogP contribution is -2.39. The molecule has 0 aliphatic carbocycles. The van der Waals surface area contributed by atoms with Crippen molar-refractivity contribution in [2.24, 2.45) is 0 Å². The number of carbonyl (C=O) groups excluding carboxylic acids is 2. The van der Waals surface area contributed by atoms with E-state index in [0.717, 1.165) is 29.9 Å². The van der Waals surface area contributed by atoms with E-state index in [1.807, 2.05) is 60.7 Å². The minimum Gasteiger partial charge on any atom is -0.378 e. The first-order valence-electron chi connectivity index (χ1n) is 12.1. The van der Waals surface area contributed by atoms with Crippen LogP contribution < -0.4 is 10.2 Å². The van der Waals surface area contributed by atoms with Crippen LogP contribution in [0.4, 0.5) is 11.4 Å². The number of ether oxygens (including phenoxy) is 1. The number of hydrogen-bond acceptors (Lipinski definition) is 6. The highest BCUT2D eigenvalue weighted by atomic mass is 35.5. The first-order valence-corrected chi connectivity index (χ1v) is 12.5. The number of morpholine rings is 1. The summed E-state index contributed by atoms with van der Waals surface area (Å²) in [7, 11) is 0. The zero-order chi connectivity index (χ0) is 25.6. The van der Waals surface area contributed by atoms with Crippen molar-refractivity contribution in [1.82, 2.24) is 19.9 Å². The minimum atomic E-state index is -0.287. The number of nitrogens with zero attached hydrogens (tertiary/aromatic N) is 5. The van der Waals surface area contributed by atoms with Gasteiger partial charge in [0.1, 0.15) is 18.6 Å². The number of aromatic nitrogens is 3. The van der Waals surface area contributed by atoms with Gasteiger partial charge in [0.05, 0.1) is 18.7 Å². The average Bonchev–Trinajstić information content (AvgIpc) is 3.33. The van der Waals surface area contributed by atoms with Gasteiger partial charge in [0.15, 0.2) is 0 Å². The molecule has 1 N–H and O–H groups in total. The van der Waals surface area contributed by atoms with Crippen LogP contribution >= 0.6 is 11.6 Å². The first-order chi connectivity index (χ1) is 18.0. The number of nitrogens with one attached hydrogen (secondary N) is 1. The van der Waals surface area contributed by atoms with Crippen molar-refractivity contribution in [2.75, 3.05) is 43.1 Å². The van der Waals surface area contributed by atoms with E-state index in [0.29, 0.717) is 29.4 Å². The van der Waals surface area contributed by atoms with Crippen LogP contribution in [-0.2, 0) is 27.4 Å². The summed E-state index contributed by atoms with van der Waals surface area (Å²) < 4.78 is 6.96. The Kier molecular flexibility index (Phi) is 7.62. The van der Waals surface area contributed by atoms with E-state index in [1.54, 1.807) is 16.8 Å². The topological polar surface area (TPSA) is 92.6 Å². The number of halogens is 1. The molecule has 190 valence electrons. The number of amides is 2. The highest BCUT2D eigenvalue weighted by Crippen LogP contribution is 2.19. The van der Waals surface area contributed by atoms with E-state index in [4.69, 9.17) is 16.3 Å². The van der Waals surface area contributed by atoms with Gasteiger partial charge in [-0.2, -0.15) is 0 Å². The quantitative estimate of drug-likeness (QED) is 0.383. The summed E-state index contributed by atoms with van der Waals surface area (Å²) in [4.78, 5) is 30.1. The van der Waals surface area contributed by atoms with Crippen molar-refractivity contribution in [3.05, 3.63) is 83.4 Å². The second-order valence-corrected chi connectivity index (χ2v) is 9.24. The van der Waals surface area contributed by atoms with Gasteiger partial charge in [-0.05, 0) is 54.1 Å². The van der Waals surface area contributed by atoms with Gasteiger partial charge in [0, 0.05) is 36.0 Å². The molecule has 1 saturated heterocycles. The van der Waals surface area contributed by atoms with Gasteiger partial charge < -0.3 is 19.9 Å². The molecule has 2 heterocycles. The van der Waals surface area contributed by atoms with Crippen molar-refractivity contribution < 1.29 is 14.3 Å². The predicted molar refractivity (Wildman–Crippen MR) is 143 cm³/mol. The predicted octanol–water partition coefficient (Wildman–Crippen LogP) is 3.59. The summed E-state index contributed by atoms with van der Waals surface area (Å²) in [5.41, 5.74) is 4.08. The number of hydrogen-bond donors (Lipinski definition) is 1. The first kappa shape index (κ1) is 24.7. The maximum atomic E-state index is 13.3. The molecule has 10 heteroatoms. The number of fused-ring (bicyclic) bond motifs is 1. The second kappa shape index (κ2) is 11.4. The molecule has 1 aliphatic heterocycles. The molecule has 0 spiro atoms. The molecule has 1 aliphatic rings. The molecule has 0 atom stereocenters. The molecule has 2 amide bonds. The molecule has 1 aromatic heterocycles. The Bertz CT molecular complexity index is 1370. The van der Waals surface area contributed by atoms with E-state index in [2.05, 4.69) is 20.5 Å². The Morgan fingerprint density at radius 1 is 0.973 bits per heavy atom. The fraction of sp³-hybridized carbons (Fsp3) is 0.259. The molecular formula is C27H27ClN6O3. The Morgan fingerprint density at radius 3 is 2.46 bits per heavy atom. The summed E-state index contributed by atoms with van der Waals surface area (Å²) in [5, 5.41) is 11.8. The smallest absolute Gasteiger partial charge is 0.245 e. The van der Waals surface area contributed by atoms with Crippen molar-refractivity contribution in [3.8, 4) is 0 Å². The Morgan fingerprint density at radius 2 is 1.70 bits per heavy atom. The van der Waals surface area contributed by atoms with Gasteiger partial charge in [0.2, 0.25) is 11.8 Å². The maximum absolute atomic E-state index is 13.3. The van der Waals surface area contributed by atoms with Crippen molar-refractivity contribution in [1.29, 1.82) is 0 Å². The lowest BCUT2D eigenvalue weighted by Gasteiger charge is -2.29. The third-order valence-corrected chi connectivity index (χ3v) is 6.46. The molecule has 3 aromatic carbocycles. The number of rotatable bonds is 8. The van der Waals surface area contributed by atoms with E-state index in [1.165, 1.54) is 4.90 Å². The van der Waals surface area contributed by atoms with Gasteiger partial charge in [-0.1, -0.05) is 41.1 Å². The summed E-state index contributed by atoms with van der Waals surface area (Å²) in [6.45, 7) is 3.21. The monoisotopic (exact) mass is 518 g/mol. The second-order valence-electron chi connectivity index (χ2n) is 8.81. The molecule has 9 nitrogen and oxygen atoms in total. The molecule has 0 radical (unpaired) electrons. The lowest BCUT2D eigenvalue weighted by atomic mass is 10.2. The van der Waals surface area contributed by atoms with Crippen LogP contribution in [0.3, 0.4) is 0 Å². The number of carbonyl (C=O) groups is 2. The largest absolute Gasteiger partial charge is 0.378 e. The van der Waals surface area contributed by atoms with Gasteiger partial charge >= 0.3 is 0 Å². The molecule has 4 aromatic rings. The zero-order valence-electron chi connectivity index (χ0n) is 20.2. The highest BCUT2D eigenvalue weighted by Gasteiger charge is 2.20. The Labute approximate surface area is 219 Å². The van der Waals surface area contributed by atoms with Crippen LogP contribution in [0.2, 0.25) is 5.02 Å². The number of para-hydroxylation sites is 1. The van der Waals surface area contributed by atoms with Crippen LogP contribution in [0, 0.1) is 0 Å². The fourth-order valence-corrected chi connectivity index (χ4v) is 4.38. The summed E-state index contributed by atoms with van der Waals surface area (Å²) in [6, 6.07) is 22.4. The fourth-order valence-electron chi connectivity index (χ4n) is 4.26. The van der Waals surface area contributed by atoms with Crippen LogP contribution in [0.15, 0.2) is 72.8 Å². The van der Waals surface area contributed by atoms with Gasteiger partial charge in [-0.3, -0.25) is 9.59 Å². The van der Waals surface area contributed by atoms with Crippen LogP contribution in [0.1, 0.15) is 5.56 Å². The van der Waals surface area contributed by atoms with Crippen LogP contribution in [0.25, 0.3) is 11.0 Å². The number of anilines is 2.